The van der Waals surface area contributed by atoms with E-state index in [1.54, 1.807) is 6.92 Å². The third kappa shape index (κ3) is 5.61. The minimum absolute atomic E-state index is 0.217. The molecule has 64 valence electrons. The van der Waals surface area contributed by atoms with Crippen molar-refractivity contribution in [2.24, 2.45) is 0 Å². The molecule has 0 heterocycles. The van der Waals surface area contributed by atoms with Gasteiger partial charge in [0, 0.05) is 11.1 Å². The molecule has 0 aromatic carbocycles. The smallest absolute Gasteiger partial charge is 0.351 e. The van der Waals surface area contributed by atoms with Crippen LogP contribution in [0.4, 0.5) is 0 Å². The zero-order valence-electron chi connectivity index (χ0n) is 7.52. The Balaban J connectivity index is 3.73. The first kappa shape index (κ1) is 10.2. The van der Waals surface area contributed by atoms with Gasteiger partial charge in [-0.05, 0) is 27.7 Å². The summed E-state index contributed by atoms with van der Waals surface area (Å²) in [6.45, 7) is 10.7. The lowest BCUT2D eigenvalue weighted by Crippen LogP contribution is -2.37. The normalized spacial score (nSPS) is 10.9. The molecule has 0 rings (SSSR count). The van der Waals surface area contributed by atoms with Crippen LogP contribution in [0.2, 0.25) is 0 Å². The summed E-state index contributed by atoms with van der Waals surface area (Å²) in [6, 6.07) is 0. The molecule has 0 bridgehead atoms. The van der Waals surface area contributed by atoms with Gasteiger partial charge in [-0.3, -0.25) is 0 Å². The summed E-state index contributed by atoms with van der Waals surface area (Å²) >= 11 is 0. The van der Waals surface area contributed by atoms with Crippen LogP contribution >= 0.6 is 0 Å². The van der Waals surface area contributed by atoms with E-state index in [4.69, 9.17) is 0 Å². The minimum Gasteiger partial charge on any atom is -0.366 e. The molecule has 0 amide bonds. The van der Waals surface area contributed by atoms with Crippen LogP contribution in [0.1, 0.15) is 27.7 Å². The Bertz CT molecular complexity index is 167. The van der Waals surface area contributed by atoms with Crippen LogP contribution in [-0.2, 0) is 9.63 Å². The van der Waals surface area contributed by atoms with Crippen molar-refractivity contribution in [3.8, 4) is 0 Å². The lowest BCUT2D eigenvalue weighted by atomic mass is 10.1. The van der Waals surface area contributed by atoms with Gasteiger partial charge in [0.25, 0.3) is 0 Å². The standard InChI is InChI=1S/C8H15NO2/c1-6(2)7(10)11-9-8(3,4)5/h9H,1H2,2-5H3. The van der Waals surface area contributed by atoms with Crippen LogP contribution in [0, 0.1) is 0 Å². The molecule has 0 spiro atoms. The van der Waals surface area contributed by atoms with Crippen molar-refractivity contribution < 1.29 is 9.63 Å². The topological polar surface area (TPSA) is 38.3 Å². The maximum Gasteiger partial charge on any atom is 0.351 e. The van der Waals surface area contributed by atoms with Crippen LogP contribution in [0.25, 0.3) is 0 Å². The number of nitrogens with one attached hydrogen (secondary N) is 1. The van der Waals surface area contributed by atoms with E-state index in [9.17, 15) is 4.79 Å². The first-order valence-electron chi connectivity index (χ1n) is 3.47. The Morgan fingerprint density at radius 1 is 1.45 bits per heavy atom. The van der Waals surface area contributed by atoms with Crippen LogP contribution in [0.3, 0.4) is 0 Å². The summed E-state index contributed by atoms with van der Waals surface area (Å²) in [7, 11) is 0. The average molecular weight is 157 g/mol. The number of hydrogen-bond acceptors (Lipinski definition) is 3. The van der Waals surface area contributed by atoms with Crippen molar-refractivity contribution in [2.75, 3.05) is 0 Å². The fourth-order valence-electron chi connectivity index (χ4n) is 0.287. The maximum absolute atomic E-state index is 10.8. The monoisotopic (exact) mass is 157 g/mol. The van der Waals surface area contributed by atoms with Crippen molar-refractivity contribution in [1.29, 1.82) is 0 Å². The molecule has 0 fully saturated rings. The maximum atomic E-state index is 10.8. The Morgan fingerprint density at radius 3 is 2.18 bits per heavy atom. The minimum atomic E-state index is -0.417. The molecule has 3 nitrogen and oxygen atoms in total. The highest BCUT2D eigenvalue weighted by Gasteiger charge is 2.12. The molecular formula is C8H15NO2. The molecule has 0 atom stereocenters. The molecule has 0 aliphatic heterocycles. The SMILES string of the molecule is C=C(C)C(=O)ONC(C)(C)C. The Hall–Kier alpha value is -0.830. The lowest BCUT2D eigenvalue weighted by molar-refractivity contribution is -0.150. The second-order valence-electron chi connectivity index (χ2n) is 3.52. The zero-order valence-corrected chi connectivity index (χ0v) is 7.52. The number of rotatable bonds is 2. The highest BCUT2D eigenvalue weighted by atomic mass is 16.7. The van der Waals surface area contributed by atoms with Gasteiger partial charge < -0.3 is 4.84 Å². The molecule has 3 heteroatoms. The van der Waals surface area contributed by atoms with Gasteiger partial charge in [-0.15, -0.1) is 5.48 Å². The Labute approximate surface area is 67.4 Å². The van der Waals surface area contributed by atoms with Gasteiger partial charge in [-0.2, -0.15) is 0 Å². The molecule has 0 saturated heterocycles. The average Bonchev–Trinajstić information content (AvgIpc) is 1.80. The van der Waals surface area contributed by atoms with E-state index in [2.05, 4.69) is 16.9 Å². The van der Waals surface area contributed by atoms with E-state index in [1.165, 1.54) is 0 Å². The van der Waals surface area contributed by atoms with Gasteiger partial charge in [-0.1, -0.05) is 6.58 Å². The van der Waals surface area contributed by atoms with Crippen molar-refractivity contribution in [1.82, 2.24) is 5.48 Å². The van der Waals surface area contributed by atoms with Crippen molar-refractivity contribution in [3.05, 3.63) is 12.2 Å². The fraction of sp³-hybridized carbons (Fsp3) is 0.625. The molecule has 0 aliphatic carbocycles. The number of hydrogen-bond donors (Lipinski definition) is 1. The summed E-state index contributed by atoms with van der Waals surface area (Å²) in [4.78, 5) is 15.5. The molecule has 0 radical (unpaired) electrons. The molecule has 0 aromatic rings. The van der Waals surface area contributed by atoms with E-state index in [-0.39, 0.29) is 5.54 Å². The van der Waals surface area contributed by atoms with E-state index in [0.29, 0.717) is 5.57 Å². The Kier molecular flexibility index (Phi) is 3.26. The van der Waals surface area contributed by atoms with Gasteiger partial charge in [0.15, 0.2) is 0 Å². The number of carbonyl (C=O) groups is 1. The highest BCUT2D eigenvalue weighted by Crippen LogP contribution is 1.99. The summed E-state index contributed by atoms with van der Waals surface area (Å²) in [6.07, 6.45) is 0. The first-order valence-corrected chi connectivity index (χ1v) is 3.47. The van der Waals surface area contributed by atoms with Crippen molar-refractivity contribution >= 4 is 5.97 Å². The Morgan fingerprint density at radius 2 is 1.91 bits per heavy atom. The van der Waals surface area contributed by atoms with E-state index in [1.807, 2.05) is 20.8 Å². The van der Waals surface area contributed by atoms with E-state index >= 15 is 0 Å². The lowest BCUT2D eigenvalue weighted by Gasteiger charge is -2.18. The fourth-order valence-corrected chi connectivity index (χ4v) is 0.287. The van der Waals surface area contributed by atoms with Gasteiger partial charge in [-0.25, -0.2) is 4.79 Å². The molecule has 0 aliphatic rings. The third-order valence-corrected chi connectivity index (χ3v) is 0.798. The van der Waals surface area contributed by atoms with Crippen LogP contribution < -0.4 is 5.48 Å². The van der Waals surface area contributed by atoms with Gasteiger partial charge in [0.05, 0.1) is 0 Å². The summed E-state index contributed by atoms with van der Waals surface area (Å²) < 4.78 is 0. The summed E-state index contributed by atoms with van der Waals surface area (Å²) in [5.41, 5.74) is 2.77. The van der Waals surface area contributed by atoms with Gasteiger partial charge >= 0.3 is 5.97 Å². The predicted octanol–water partition coefficient (Wildman–Crippen LogP) is 1.41. The predicted molar refractivity (Wildman–Crippen MR) is 43.8 cm³/mol. The zero-order chi connectivity index (χ0) is 9.07. The molecule has 0 aromatic heterocycles. The molecule has 1 N–H and O–H groups in total. The van der Waals surface area contributed by atoms with Crippen molar-refractivity contribution in [2.45, 2.75) is 33.2 Å². The second-order valence-corrected chi connectivity index (χ2v) is 3.52. The summed E-state index contributed by atoms with van der Waals surface area (Å²) in [5.74, 6) is -0.417. The largest absolute Gasteiger partial charge is 0.366 e. The number of carbonyl (C=O) groups excluding carboxylic acids is 1. The number of hydroxylamine groups is 1. The molecule has 0 saturated carbocycles. The molecular weight excluding hydrogens is 142 g/mol. The second kappa shape index (κ2) is 3.53. The van der Waals surface area contributed by atoms with Crippen molar-refractivity contribution in [3.63, 3.8) is 0 Å². The van der Waals surface area contributed by atoms with Crippen LogP contribution in [-0.4, -0.2) is 11.5 Å². The van der Waals surface area contributed by atoms with Crippen LogP contribution in [0.15, 0.2) is 12.2 Å². The highest BCUT2D eigenvalue weighted by molar-refractivity contribution is 5.86. The summed E-state index contributed by atoms with van der Waals surface area (Å²) in [5, 5.41) is 0. The molecule has 0 unspecified atom stereocenters. The molecule has 11 heavy (non-hydrogen) atoms. The van der Waals surface area contributed by atoms with Crippen LogP contribution in [0.5, 0.6) is 0 Å². The third-order valence-electron chi connectivity index (χ3n) is 0.798. The quantitative estimate of drug-likeness (QED) is 0.486. The van der Waals surface area contributed by atoms with Gasteiger partial charge in [0.1, 0.15) is 0 Å². The van der Waals surface area contributed by atoms with E-state index < -0.39 is 5.97 Å². The van der Waals surface area contributed by atoms with Gasteiger partial charge in [0.2, 0.25) is 0 Å². The first-order chi connectivity index (χ1) is 4.83. The van der Waals surface area contributed by atoms with E-state index in [0.717, 1.165) is 0 Å².